The number of aromatic amines is 2. The molecular formula is C19H21N3O3. The number of amides is 1. The van der Waals surface area contributed by atoms with Crippen LogP contribution < -0.4 is 15.7 Å². The maximum atomic E-state index is 12.2. The summed E-state index contributed by atoms with van der Waals surface area (Å²) >= 11 is 0. The Kier molecular flexibility index (Phi) is 4.35. The van der Waals surface area contributed by atoms with E-state index in [1.165, 1.54) is 0 Å². The van der Waals surface area contributed by atoms with Gasteiger partial charge >= 0.3 is 5.69 Å². The maximum absolute atomic E-state index is 12.2. The molecule has 0 fully saturated rings. The molecule has 0 spiro atoms. The smallest absolute Gasteiger partial charge is 0.323 e. The number of fused-ring (bicyclic) bond motifs is 1. The highest BCUT2D eigenvalue weighted by Gasteiger charge is 2.18. The summed E-state index contributed by atoms with van der Waals surface area (Å²) in [6.45, 7) is 6.21. The molecule has 2 aromatic carbocycles. The van der Waals surface area contributed by atoms with Crippen LogP contribution in [0.1, 0.15) is 26.3 Å². The lowest BCUT2D eigenvalue weighted by Gasteiger charge is -2.22. The summed E-state index contributed by atoms with van der Waals surface area (Å²) in [5, 5.41) is 2.77. The third-order valence-corrected chi connectivity index (χ3v) is 3.85. The SMILES string of the molecule is CC(C)(C)c1ccccc1OCC(=O)Nc1ccc2[nH]c(=O)[nH]c2c1. The molecular weight excluding hydrogens is 318 g/mol. The van der Waals surface area contributed by atoms with Crippen LogP contribution in [0.15, 0.2) is 47.3 Å². The number of H-pyrrole nitrogens is 2. The summed E-state index contributed by atoms with van der Waals surface area (Å²) in [7, 11) is 0. The number of nitrogens with one attached hydrogen (secondary N) is 3. The highest BCUT2D eigenvalue weighted by molar-refractivity contribution is 5.93. The topological polar surface area (TPSA) is 87.0 Å². The summed E-state index contributed by atoms with van der Waals surface area (Å²) < 4.78 is 5.71. The highest BCUT2D eigenvalue weighted by atomic mass is 16.5. The molecule has 0 saturated heterocycles. The predicted molar refractivity (Wildman–Crippen MR) is 98.2 cm³/mol. The van der Waals surface area contributed by atoms with Gasteiger partial charge in [0.25, 0.3) is 5.91 Å². The molecule has 25 heavy (non-hydrogen) atoms. The van der Waals surface area contributed by atoms with Crippen LogP contribution in [-0.2, 0) is 10.2 Å². The first-order valence-corrected chi connectivity index (χ1v) is 8.07. The van der Waals surface area contributed by atoms with Crippen molar-refractivity contribution < 1.29 is 9.53 Å². The molecule has 0 radical (unpaired) electrons. The Labute approximate surface area is 145 Å². The van der Waals surface area contributed by atoms with Crippen LogP contribution in [0.4, 0.5) is 5.69 Å². The summed E-state index contributed by atoms with van der Waals surface area (Å²) in [5.41, 5.74) is 2.63. The Balaban J connectivity index is 1.68. The third kappa shape index (κ3) is 3.91. The van der Waals surface area contributed by atoms with Crippen molar-refractivity contribution in [1.29, 1.82) is 0 Å². The van der Waals surface area contributed by atoms with E-state index in [1.807, 2.05) is 24.3 Å². The van der Waals surface area contributed by atoms with Crippen molar-refractivity contribution in [1.82, 2.24) is 9.97 Å². The van der Waals surface area contributed by atoms with Crippen LogP contribution >= 0.6 is 0 Å². The zero-order chi connectivity index (χ0) is 18.0. The van der Waals surface area contributed by atoms with Gasteiger partial charge in [-0.15, -0.1) is 0 Å². The minimum Gasteiger partial charge on any atom is -0.483 e. The predicted octanol–water partition coefficient (Wildman–Crippen LogP) is 3.17. The fourth-order valence-corrected chi connectivity index (χ4v) is 2.66. The number of rotatable bonds is 4. The standard InChI is InChI=1S/C19H21N3O3/c1-19(2,3)13-6-4-5-7-16(13)25-11-17(23)20-12-8-9-14-15(10-12)22-18(24)21-14/h4-10H,11H2,1-3H3,(H,20,23)(H2,21,22,24). The van der Waals surface area contributed by atoms with Gasteiger partial charge in [0.1, 0.15) is 5.75 Å². The largest absolute Gasteiger partial charge is 0.483 e. The van der Waals surface area contributed by atoms with Gasteiger partial charge in [0.15, 0.2) is 6.61 Å². The molecule has 0 aliphatic carbocycles. The number of ether oxygens (including phenoxy) is 1. The summed E-state index contributed by atoms with van der Waals surface area (Å²) in [5.74, 6) is 0.441. The molecule has 0 aliphatic rings. The Morgan fingerprint density at radius 1 is 1.08 bits per heavy atom. The van der Waals surface area contributed by atoms with Crippen LogP contribution in [0, 0.1) is 0 Å². The number of benzene rings is 2. The van der Waals surface area contributed by atoms with E-state index in [1.54, 1.807) is 18.2 Å². The molecule has 3 rings (SSSR count). The van der Waals surface area contributed by atoms with Gasteiger partial charge in [0.2, 0.25) is 0 Å². The van der Waals surface area contributed by atoms with Crippen LogP contribution in [0.25, 0.3) is 11.0 Å². The Hall–Kier alpha value is -3.02. The molecule has 0 aliphatic heterocycles. The second kappa shape index (κ2) is 6.47. The monoisotopic (exact) mass is 339 g/mol. The number of aromatic nitrogens is 2. The van der Waals surface area contributed by atoms with E-state index >= 15 is 0 Å². The van der Waals surface area contributed by atoms with Crippen molar-refractivity contribution in [3.05, 3.63) is 58.5 Å². The first-order valence-electron chi connectivity index (χ1n) is 8.07. The van der Waals surface area contributed by atoms with Gasteiger partial charge in [-0.3, -0.25) is 4.79 Å². The summed E-state index contributed by atoms with van der Waals surface area (Å²) in [4.78, 5) is 28.8. The minimum absolute atomic E-state index is 0.0712. The van der Waals surface area contributed by atoms with Gasteiger partial charge in [-0.2, -0.15) is 0 Å². The second-order valence-electron chi connectivity index (χ2n) is 6.92. The average Bonchev–Trinajstić information content (AvgIpc) is 2.91. The average molecular weight is 339 g/mol. The van der Waals surface area contributed by atoms with Gasteiger partial charge in [-0.1, -0.05) is 39.0 Å². The number of para-hydroxylation sites is 1. The van der Waals surface area contributed by atoms with Gasteiger partial charge in [0, 0.05) is 5.69 Å². The van der Waals surface area contributed by atoms with E-state index in [0.29, 0.717) is 22.5 Å². The first kappa shape index (κ1) is 16.8. The third-order valence-electron chi connectivity index (χ3n) is 3.85. The van der Waals surface area contributed by atoms with Crippen LogP contribution in [0.2, 0.25) is 0 Å². The molecule has 0 unspecified atom stereocenters. The molecule has 3 N–H and O–H groups in total. The molecule has 0 saturated carbocycles. The van der Waals surface area contributed by atoms with Crippen LogP contribution in [0.3, 0.4) is 0 Å². The van der Waals surface area contributed by atoms with Crippen LogP contribution in [-0.4, -0.2) is 22.5 Å². The molecule has 6 nitrogen and oxygen atoms in total. The van der Waals surface area contributed by atoms with Gasteiger partial charge < -0.3 is 20.0 Å². The number of anilines is 1. The van der Waals surface area contributed by atoms with Crippen molar-refractivity contribution in [3.63, 3.8) is 0 Å². The van der Waals surface area contributed by atoms with Crippen molar-refractivity contribution in [2.24, 2.45) is 0 Å². The quantitative estimate of drug-likeness (QED) is 0.682. The zero-order valence-corrected chi connectivity index (χ0v) is 14.5. The molecule has 1 heterocycles. The van der Waals surface area contributed by atoms with E-state index in [4.69, 9.17) is 4.74 Å². The lowest BCUT2D eigenvalue weighted by molar-refractivity contribution is -0.118. The molecule has 6 heteroatoms. The normalized spacial score (nSPS) is 11.5. The highest BCUT2D eigenvalue weighted by Crippen LogP contribution is 2.30. The van der Waals surface area contributed by atoms with E-state index in [-0.39, 0.29) is 23.6 Å². The van der Waals surface area contributed by atoms with Crippen LogP contribution in [0.5, 0.6) is 5.75 Å². The minimum atomic E-state index is -0.277. The molecule has 1 amide bonds. The van der Waals surface area contributed by atoms with Crippen molar-refractivity contribution in [2.45, 2.75) is 26.2 Å². The first-order chi connectivity index (χ1) is 11.8. The number of imidazole rings is 1. The van der Waals surface area contributed by atoms with Gasteiger partial charge in [-0.05, 0) is 35.2 Å². The molecule has 3 aromatic rings. The van der Waals surface area contributed by atoms with E-state index in [0.717, 1.165) is 5.56 Å². The van der Waals surface area contributed by atoms with Gasteiger partial charge in [0.05, 0.1) is 11.0 Å². The van der Waals surface area contributed by atoms with E-state index in [2.05, 4.69) is 36.1 Å². The lowest BCUT2D eigenvalue weighted by Crippen LogP contribution is -2.21. The summed E-state index contributed by atoms with van der Waals surface area (Å²) in [6.07, 6.45) is 0. The molecule has 130 valence electrons. The molecule has 1 aromatic heterocycles. The van der Waals surface area contributed by atoms with E-state index in [9.17, 15) is 9.59 Å². The molecule has 0 bridgehead atoms. The fraction of sp³-hybridized carbons (Fsp3) is 0.263. The summed E-state index contributed by atoms with van der Waals surface area (Å²) in [6, 6.07) is 12.9. The number of carbonyl (C=O) groups excluding carboxylic acids is 1. The molecule has 0 atom stereocenters. The van der Waals surface area contributed by atoms with Crippen molar-refractivity contribution >= 4 is 22.6 Å². The number of carbonyl (C=O) groups is 1. The van der Waals surface area contributed by atoms with Crippen molar-refractivity contribution in [3.8, 4) is 5.75 Å². The second-order valence-corrected chi connectivity index (χ2v) is 6.92. The zero-order valence-electron chi connectivity index (χ0n) is 14.5. The van der Waals surface area contributed by atoms with Crippen molar-refractivity contribution in [2.75, 3.05) is 11.9 Å². The Morgan fingerprint density at radius 3 is 2.56 bits per heavy atom. The Bertz CT molecular complexity index is 964. The van der Waals surface area contributed by atoms with E-state index < -0.39 is 0 Å². The number of hydrogen-bond donors (Lipinski definition) is 3. The lowest BCUT2D eigenvalue weighted by atomic mass is 9.86. The Morgan fingerprint density at radius 2 is 1.80 bits per heavy atom. The number of hydrogen-bond acceptors (Lipinski definition) is 3. The van der Waals surface area contributed by atoms with Gasteiger partial charge in [-0.25, -0.2) is 4.79 Å². The fourth-order valence-electron chi connectivity index (χ4n) is 2.66. The maximum Gasteiger partial charge on any atom is 0.323 e.